The fourth-order valence-electron chi connectivity index (χ4n) is 3.78. The monoisotopic (exact) mass is 404 g/mol. The lowest BCUT2D eigenvalue weighted by atomic mass is 10.0. The Hall–Kier alpha value is -3.74. The zero-order chi connectivity index (χ0) is 21.1. The number of fused-ring (bicyclic) bond motifs is 1. The molecule has 3 aromatic rings. The summed E-state index contributed by atoms with van der Waals surface area (Å²) in [5.74, 6) is -1.09. The Balaban J connectivity index is 1.50. The summed E-state index contributed by atoms with van der Waals surface area (Å²) in [7, 11) is 0. The highest BCUT2D eigenvalue weighted by Gasteiger charge is 2.24. The van der Waals surface area contributed by atoms with E-state index in [0.717, 1.165) is 36.7 Å². The first kappa shape index (κ1) is 19.6. The standard InChI is InChI=1S/C23H20N2O5/c26-22(19-9-5-7-16-6-1-2-8-18(16)19)15-30-23(27)17-10-11-20(21(14-17)25(28)29)24-12-3-4-13-24/h1-2,5-11,14H,3-4,12-13,15H2. The average molecular weight is 404 g/mol. The van der Waals surface area contributed by atoms with E-state index in [1.54, 1.807) is 18.2 Å². The molecule has 0 bridgehead atoms. The van der Waals surface area contributed by atoms with Gasteiger partial charge in [0.25, 0.3) is 5.69 Å². The van der Waals surface area contributed by atoms with Crippen molar-refractivity contribution in [3.63, 3.8) is 0 Å². The molecule has 0 aliphatic carbocycles. The van der Waals surface area contributed by atoms with E-state index in [1.165, 1.54) is 12.1 Å². The van der Waals surface area contributed by atoms with Crippen LogP contribution in [-0.2, 0) is 4.74 Å². The van der Waals surface area contributed by atoms with Crippen LogP contribution in [-0.4, -0.2) is 36.4 Å². The molecule has 1 heterocycles. The Morgan fingerprint density at radius 1 is 1.00 bits per heavy atom. The lowest BCUT2D eigenvalue weighted by Crippen LogP contribution is -2.19. The molecular weight excluding hydrogens is 384 g/mol. The highest BCUT2D eigenvalue weighted by molar-refractivity contribution is 6.09. The smallest absolute Gasteiger partial charge is 0.338 e. The number of esters is 1. The summed E-state index contributed by atoms with van der Waals surface area (Å²) in [6, 6.07) is 17.1. The maximum Gasteiger partial charge on any atom is 0.338 e. The lowest BCUT2D eigenvalue weighted by Gasteiger charge is -2.17. The van der Waals surface area contributed by atoms with E-state index in [0.29, 0.717) is 11.3 Å². The highest BCUT2D eigenvalue weighted by Crippen LogP contribution is 2.32. The number of hydrogen-bond acceptors (Lipinski definition) is 6. The normalized spacial score (nSPS) is 13.4. The zero-order valence-corrected chi connectivity index (χ0v) is 16.2. The molecule has 7 heteroatoms. The van der Waals surface area contributed by atoms with Gasteiger partial charge in [-0.1, -0.05) is 42.5 Å². The molecule has 1 fully saturated rings. The molecule has 0 unspecified atom stereocenters. The van der Waals surface area contributed by atoms with Crippen LogP contribution in [0.15, 0.2) is 60.7 Å². The summed E-state index contributed by atoms with van der Waals surface area (Å²) in [4.78, 5) is 38.0. The van der Waals surface area contributed by atoms with Gasteiger partial charge in [-0.15, -0.1) is 0 Å². The quantitative estimate of drug-likeness (QED) is 0.262. The number of nitrogens with zero attached hydrogens (tertiary/aromatic N) is 2. The molecule has 0 radical (unpaired) electrons. The van der Waals surface area contributed by atoms with Crippen LogP contribution in [0.2, 0.25) is 0 Å². The minimum atomic E-state index is -0.764. The molecule has 1 saturated heterocycles. The number of benzene rings is 3. The summed E-state index contributed by atoms with van der Waals surface area (Å²) in [6.07, 6.45) is 1.97. The van der Waals surface area contributed by atoms with E-state index >= 15 is 0 Å². The van der Waals surface area contributed by atoms with Crippen LogP contribution in [0, 0.1) is 10.1 Å². The fourth-order valence-corrected chi connectivity index (χ4v) is 3.78. The number of carbonyl (C=O) groups excluding carboxylic acids is 2. The minimum Gasteiger partial charge on any atom is -0.454 e. The molecule has 1 aliphatic rings. The van der Waals surface area contributed by atoms with Crippen LogP contribution in [0.4, 0.5) is 11.4 Å². The van der Waals surface area contributed by atoms with E-state index in [1.807, 2.05) is 35.2 Å². The van der Waals surface area contributed by atoms with Gasteiger partial charge in [0, 0.05) is 24.7 Å². The van der Waals surface area contributed by atoms with Crippen LogP contribution < -0.4 is 4.90 Å². The molecule has 1 aliphatic heterocycles. The molecule has 30 heavy (non-hydrogen) atoms. The van der Waals surface area contributed by atoms with Crippen molar-refractivity contribution in [2.24, 2.45) is 0 Å². The van der Waals surface area contributed by atoms with Crippen molar-refractivity contribution in [1.82, 2.24) is 0 Å². The second-order valence-corrected chi connectivity index (χ2v) is 7.18. The molecule has 3 aromatic carbocycles. The topological polar surface area (TPSA) is 89.8 Å². The molecule has 0 saturated carbocycles. The molecule has 0 N–H and O–H groups in total. The number of ether oxygens (including phenoxy) is 1. The van der Waals surface area contributed by atoms with Crippen LogP contribution in [0.25, 0.3) is 10.8 Å². The van der Waals surface area contributed by atoms with Gasteiger partial charge in [0.05, 0.1) is 10.5 Å². The van der Waals surface area contributed by atoms with Crippen LogP contribution in [0.3, 0.4) is 0 Å². The molecule has 0 atom stereocenters. The van der Waals surface area contributed by atoms with Gasteiger partial charge >= 0.3 is 5.97 Å². The Kier molecular flexibility index (Phi) is 5.43. The summed E-state index contributed by atoms with van der Waals surface area (Å²) < 4.78 is 5.17. The molecule has 7 nitrogen and oxygen atoms in total. The maximum atomic E-state index is 12.6. The van der Waals surface area contributed by atoms with Gasteiger partial charge in [0.1, 0.15) is 5.69 Å². The van der Waals surface area contributed by atoms with E-state index in [-0.39, 0.29) is 17.0 Å². The highest BCUT2D eigenvalue weighted by atomic mass is 16.6. The van der Waals surface area contributed by atoms with Crippen molar-refractivity contribution in [1.29, 1.82) is 0 Å². The minimum absolute atomic E-state index is 0.0513. The number of ketones is 1. The van der Waals surface area contributed by atoms with Gasteiger partial charge in [0.15, 0.2) is 6.61 Å². The van der Waals surface area contributed by atoms with E-state index in [4.69, 9.17) is 4.74 Å². The van der Waals surface area contributed by atoms with Crippen LogP contribution in [0.1, 0.15) is 33.6 Å². The van der Waals surface area contributed by atoms with Gasteiger partial charge in [0.2, 0.25) is 5.78 Å². The predicted octanol–water partition coefficient (Wildman–Crippen LogP) is 4.39. The molecular formula is C23H20N2O5. The van der Waals surface area contributed by atoms with Crippen molar-refractivity contribution in [2.45, 2.75) is 12.8 Å². The Bertz CT molecular complexity index is 1130. The zero-order valence-electron chi connectivity index (χ0n) is 16.2. The third-order valence-electron chi connectivity index (χ3n) is 5.28. The number of carbonyl (C=O) groups is 2. The van der Waals surface area contributed by atoms with E-state index < -0.39 is 17.5 Å². The van der Waals surface area contributed by atoms with Crippen molar-refractivity contribution in [3.05, 3.63) is 81.9 Å². The number of rotatable bonds is 6. The van der Waals surface area contributed by atoms with Gasteiger partial charge in [-0.25, -0.2) is 4.79 Å². The van der Waals surface area contributed by atoms with E-state index in [2.05, 4.69) is 0 Å². The third-order valence-corrected chi connectivity index (χ3v) is 5.28. The Labute approximate surface area is 173 Å². The Morgan fingerprint density at radius 2 is 1.73 bits per heavy atom. The predicted molar refractivity (Wildman–Crippen MR) is 113 cm³/mol. The number of Topliss-reactive ketones (excluding diaryl/α,β-unsaturated/α-hetero) is 1. The molecule has 152 valence electrons. The summed E-state index contributed by atoms with van der Waals surface area (Å²) in [6.45, 7) is 1.07. The first-order valence-electron chi connectivity index (χ1n) is 9.76. The first-order valence-corrected chi connectivity index (χ1v) is 9.76. The summed E-state index contributed by atoms with van der Waals surface area (Å²) in [5, 5.41) is 13.2. The largest absolute Gasteiger partial charge is 0.454 e. The number of anilines is 1. The lowest BCUT2D eigenvalue weighted by molar-refractivity contribution is -0.384. The van der Waals surface area contributed by atoms with Gasteiger partial charge in [-0.3, -0.25) is 14.9 Å². The fraction of sp³-hybridized carbons (Fsp3) is 0.217. The maximum absolute atomic E-state index is 12.6. The third kappa shape index (κ3) is 3.87. The van der Waals surface area contributed by atoms with Crippen molar-refractivity contribution < 1.29 is 19.2 Å². The average Bonchev–Trinajstić information content (AvgIpc) is 3.31. The summed E-state index contributed by atoms with van der Waals surface area (Å²) in [5.41, 5.74) is 0.888. The molecule has 0 amide bonds. The number of nitro benzene ring substituents is 1. The summed E-state index contributed by atoms with van der Waals surface area (Å²) >= 11 is 0. The first-order chi connectivity index (χ1) is 14.5. The Morgan fingerprint density at radius 3 is 2.50 bits per heavy atom. The van der Waals surface area contributed by atoms with Crippen molar-refractivity contribution in [3.8, 4) is 0 Å². The van der Waals surface area contributed by atoms with Gasteiger partial charge in [-0.2, -0.15) is 0 Å². The van der Waals surface area contributed by atoms with Crippen molar-refractivity contribution in [2.75, 3.05) is 24.6 Å². The molecule has 0 spiro atoms. The second kappa shape index (κ2) is 8.32. The SMILES string of the molecule is O=C(OCC(=O)c1cccc2ccccc12)c1ccc(N2CCCC2)c([N+](=O)[O-])c1. The molecule has 0 aromatic heterocycles. The van der Waals surface area contributed by atoms with Gasteiger partial charge in [-0.05, 0) is 35.7 Å². The van der Waals surface area contributed by atoms with Crippen molar-refractivity contribution >= 4 is 33.9 Å². The van der Waals surface area contributed by atoms with Crippen LogP contribution in [0.5, 0.6) is 0 Å². The number of hydrogen-bond donors (Lipinski definition) is 0. The van der Waals surface area contributed by atoms with E-state index in [9.17, 15) is 19.7 Å². The van der Waals surface area contributed by atoms with Crippen LogP contribution >= 0.6 is 0 Å². The number of nitro groups is 1. The second-order valence-electron chi connectivity index (χ2n) is 7.18. The molecule has 4 rings (SSSR count). The van der Waals surface area contributed by atoms with Gasteiger partial charge < -0.3 is 9.64 Å².